The number of benzene rings is 3. The minimum absolute atomic E-state index is 0.106. The molecule has 8 rings (SSSR count). The first kappa shape index (κ1) is 54.4. The van der Waals surface area contributed by atoms with Crippen LogP contribution in [0.5, 0.6) is 5.75 Å². The quantitative estimate of drug-likeness (QED) is 0.0200. The smallest absolute Gasteiger partial charge is 0.251 e. The Balaban J connectivity index is 0.622. The number of Topliss-reactive ketones (excluding diaryl/α,β-unsaturated/α-hetero) is 1. The Bertz CT molecular complexity index is 2690. The number of pyridine rings is 1. The van der Waals surface area contributed by atoms with E-state index in [0.29, 0.717) is 94.6 Å². The summed E-state index contributed by atoms with van der Waals surface area (Å²) in [6, 6.07) is 24.3. The monoisotopic (exact) mass is 1030 g/mol. The average Bonchev–Trinajstić information content (AvgIpc) is 4.07. The molecular formula is C57H71N9O9. The van der Waals surface area contributed by atoms with Gasteiger partial charge in [0.2, 0.25) is 17.7 Å². The number of carbonyl (C=O) groups excluding carboxylic acids is 5. The second-order valence-corrected chi connectivity index (χ2v) is 19.6. The Hall–Kier alpha value is -6.86. The van der Waals surface area contributed by atoms with Crippen molar-refractivity contribution in [3.63, 3.8) is 0 Å². The summed E-state index contributed by atoms with van der Waals surface area (Å²) in [5, 5.41) is 24.7. The fraction of sp³-hybridized carbons (Fsp3) is 0.474. The van der Waals surface area contributed by atoms with Gasteiger partial charge < -0.3 is 45.2 Å². The van der Waals surface area contributed by atoms with Gasteiger partial charge in [0.25, 0.3) is 5.91 Å². The third-order valence-corrected chi connectivity index (χ3v) is 14.2. The standard InChI is InChI=1S/C57H71N9O9/c1-39(60-54(70)42-13-9-14-43(36-42)64-57(23-27-59-28-24-57)56-63-53(65-66-56)40-21-25-58-26-22-40)41-12-10-15-44(37-41)75-31-8-3-2-6-29-72-32-34-74-35-33-73-30-7-4-5-18-50(67)61-49-17-11-16-45-47(49)38-48(52(45)69)46-19-20-51(68)62-55(46)71/h9-17,21-22,25-26,36-37,39,46,48,59,64H,2-8,18-20,23-24,27-35,38H2,1H3,(H,60,70)(H,61,67)(H,62,68,71)(H,63,65,66)/t39-,46?,48?/m1/s1. The lowest BCUT2D eigenvalue weighted by Crippen LogP contribution is -2.46. The summed E-state index contributed by atoms with van der Waals surface area (Å²) >= 11 is 0. The second kappa shape index (κ2) is 27.6. The normalized spacial score (nSPS) is 17.5. The number of aromatic amines is 1. The number of ether oxygens (including phenoxy) is 4. The molecule has 0 radical (unpaired) electrons. The van der Waals surface area contributed by atoms with E-state index in [2.05, 4.69) is 46.7 Å². The molecule has 4 amide bonds. The maximum atomic E-state index is 13.6. The van der Waals surface area contributed by atoms with Crippen molar-refractivity contribution in [3.8, 4) is 17.1 Å². The number of aromatic nitrogens is 4. The summed E-state index contributed by atoms with van der Waals surface area (Å²) in [6.45, 7) is 7.51. The van der Waals surface area contributed by atoms with Gasteiger partial charge >= 0.3 is 0 Å². The Kier molecular flexibility index (Phi) is 20.0. The van der Waals surface area contributed by atoms with Crippen LogP contribution in [0.15, 0.2) is 91.3 Å². The lowest BCUT2D eigenvalue weighted by atomic mass is 9.83. The molecule has 2 aliphatic heterocycles. The number of nitrogens with one attached hydrogen (secondary N) is 6. The first-order valence-electron chi connectivity index (χ1n) is 26.6. The van der Waals surface area contributed by atoms with Crippen LogP contribution in [0.4, 0.5) is 11.4 Å². The molecule has 75 heavy (non-hydrogen) atoms. The first-order valence-corrected chi connectivity index (χ1v) is 26.6. The van der Waals surface area contributed by atoms with E-state index in [1.165, 1.54) is 0 Å². The van der Waals surface area contributed by atoms with Crippen LogP contribution in [-0.2, 0) is 40.6 Å². The molecule has 3 aromatic carbocycles. The van der Waals surface area contributed by atoms with Crippen LogP contribution in [-0.4, -0.2) is 109 Å². The van der Waals surface area contributed by atoms with Crippen molar-refractivity contribution in [2.75, 3.05) is 70.0 Å². The Labute approximate surface area is 438 Å². The largest absolute Gasteiger partial charge is 0.494 e. The fourth-order valence-corrected chi connectivity index (χ4v) is 10.0. The highest BCUT2D eigenvalue weighted by atomic mass is 16.5. The minimum atomic E-state index is -0.539. The number of piperidine rings is 2. The number of amides is 4. The number of unbranched alkanes of at least 4 members (excludes halogenated alkanes) is 5. The van der Waals surface area contributed by atoms with Crippen molar-refractivity contribution in [2.24, 2.45) is 11.8 Å². The summed E-state index contributed by atoms with van der Waals surface area (Å²) in [4.78, 5) is 71.1. The zero-order chi connectivity index (χ0) is 52.2. The summed E-state index contributed by atoms with van der Waals surface area (Å²) < 4.78 is 23.2. The number of carbonyl (C=O) groups is 5. The van der Waals surface area contributed by atoms with Crippen molar-refractivity contribution in [3.05, 3.63) is 119 Å². The molecule has 2 saturated heterocycles. The van der Waals surface area contributed by atoms with Gasteiger partial charge in [0, 0.05) is 78.4 Å². The molecule has 5 aromatic rings. The first-order chi connectivity index (χ1) is 36.7. The van der Waals surface area contributed by atoms with Crippen LogP contribution in [0.25, 0.3) is 11.4 Å². The van der Waals surface area contributed by atoms with Gasteiger partial charge in [-0.15, -0.1) is 10.2 Å². The van der Waals surface area contributed by atoms with Gasteiger partial charge in [-0.05, 0) is 137 Å². The number of nitrogens with zero attached hydrogens (tertiary/aromatic N) is 3. The van der Waals surface area contributed by atoms with E-state index >= 15 is 0 Å². The molecular weight excluding hydrogens is 955 g/mol. The van der Waals surface area contributed by atoms with Crippen LogP contribution in [0, 0.1) is 11.8 Å². The van der Waals surface area contributed by atoms with Crippen molar-refractivity contribution in [1.82, 2.24) is 36.1 Å². The minimum Gasteiger partial charge on any atom is -0.494 e. The summed E-state index contributed by atoms with van der Waals surface area (Å²) in [7, 11) is 0. The molecule has 3 aliphatic rings. The topological polar surface area (TPSA) is 237 Å². The fourth-order valence-electron chi connectivity index (χ4n) is 10.0. The van der Waals surface area contributed by atoms with E-state index in [-0.39, 0.29) is 36.0 Å². The molecule has 3 atom stereocenters. The van der Waals surface area contributed by atoms with Crippen LogP contribution < -0.4 is 31.3 Å². The summed E-state index contributed by atoms with van der Waals surface area (Å²) in [5.74, 6) is 0.0779. The van der Waals surface area contributed by atoms with Gasteiger partial charge in [-0.25, -0.2) is 0 Å². The van der Waals surface area contributed by atoms with Gasteiger partial charge in [-0.2, -0.15) is 0 Å². The van der Waals surface area contributed by atoms with E-state index in [1.54, 1.807) is 30.6 Å². The number of anilines is 2. The number of imide groups is 1. The molecule has 0 spiro atoms. The molecule has 18 heteroatoms. The lowest BCUT2D eigenvalue weighted by molar-refractivity contribution is -0.137. The number of ketones is 1. The van der Waals surface area contributed by atoms with Crippen LogP contribution in [0.3, 0.4) is 0 Å². The van der Waals surface area contributed by atoms with E-state index < -0.39 is 23.3 Å². The zero-order valence-electron chi connectivity index (χ0n) is 43.0. The maximum Gasteiger partial charge on any atom is 0.251 e. The number of hydrogen-bond donors (Lipinski definition) is 6. The van der Waals surface area contributed by atoms with Crippen molar-refractivity contribution in [2.45, 2.75) is 102 Å². The number of hydrogen-bond acceptors (Lipinski definition) is 14. The Morgan fingerprint density at radius 1 is 0.760 bits per heavy atom. The highest BCUT2D eigenvalue weighted by molar-refractivity contribution is 6.08. The van der Waals surface area contributed by atoms with Crippen LogP contribution >= 0.6 is 0 Å². The zero-order valence-corrected chi connectivity index (χ0v) is 43.0. The van der Waals surface area contributed by atoms with E-state index in [0.717, 1.165) is 98.4 Å². The van der Waals surface area contributed by atoms with Gasteiger partial charge in [-0.3, -0.25) is 34.3 Å². The van der Waals surface area contributed by atoms with Gasteiger partial charge in [-0.1, -0.05) is 43.2 Å². The van der Waals surface area contributed by atoms with Crippen LogP contribution in [0.2, 0.25) is 0 Å². The van der Waals surface area contributed by atoms with Gasteiger partial charge in [0.15, 0.2) is 17.4 Å². The summed E-state index contributed by atoms with van der Waals surface area (Å²) in [5.41, 5.74) is 4.69. The average molecular weight is 1030 g/mol. The van der Waals surface area contributed by atoms with Gasteiger partial charge in [0.1, 0.15) is 5.75 Å². The molecule has 0 saturated carbocycles. The molecule has 2 unspecified atom stereocenters. The van der Waals surface area contributed by atoms with Crippen molar-refractivity contribution in [1.29, 1.82) is 0 Å². The third-order valence-electron chi connectivity index (χ3n) is 14.2. The number of H-pyrrole nitrogens is 1. The summed E-state index contributed by atoms with van der Waals surface area (Å²) in [6.07, 6.45) is 12.7. The van der Waals surface area contributed by atoms with E-state index in [4.69, 9.17) is 18.9 Å². The molecule has 2 aromatic heterocycles. The van der Waals surface area contributed by atoms with Gasteiger partial charge in [0.05, 0.1) is 44.6 Å². The lowest BCUT2D eigenvalue weighted by Gasteiger charge is -2.37. The van der Waals surface area contributed by atoms with Crippen LogP contribution in [0.1, 0.15) is 128 Å². The SMILES string of the molecule is C[C@@H](NC(=O)c1cccc(NC2(c3nnc(-c4ccncc4)[nH]3)CCNCC2)c1)c1cccc(OCCCCCCOCCOCCOCCCCCC(=O)Nc2cccc3c2CC(C2CCC(=O)NC2=O)C3=O)c1. The predicted octanol–water partition coefficient (Wildman–Crippen LogP) is 7.64. The molecule has 2 fully saturated rings. The molecule has 1 aliphatic carbocycles. The Morgan fingerprint density at radius 2 is 1.47 bits per heavy atom. The molecule has 0 bridgehead atoms. The molecule has 4 heterocycles. The van der Waals surface area contributed by atoms with Crippen molar-refractivity contribution < 1.29 is 42.9 Å². The molecule has 398 valence electrons. The highest BCUT2D eigenvalue weighted by Gasteiger charge is 2.43. The molecule has 6 N–H and O–H groups in total. The third kappa shape index (κ3) is 15.4. The number of rotatable bonds is 29. The van der Waals surface area contributed by atoms with E-state index in [9.17, 15) is 24.0 Å². The highest BCUT2D eigenvalue weighted by Crippen LogP contribution is 2.39. The predicted molar refractivity (Wildman–Crippen MR) is 283 cm³/mol. The second-order valence-electron chi connectivity index (χ2n) is 19.6. The maximum absolute atomic E-state index is 13.6. The Morgan fingerprint density at radius 3 is 2.23 bits per heavy atom. The van der Waals surface area contributed by atoms with Crippen molar-refractivity contribution >= 4 is 40.8 Å². The number of fused-ring (bicyclic) bond motifs is 1. The van der Waals surface area contributed by atoms with E-state index in [1.807, 2.05) is 67.6 Å². The molecule has 18 nitrogen and oxygen atoms in total.